The molecule has 1 saturated carbocycles. The van der Waals surface area contributed by atoms with Crippen molar-refractivity contribution >= 4 is 5.78 Å². The number of Topliss-reactive ketones (excluding diaryl/α,β-unsaturated/α-hetero) is 1. The lowest BCUT2D eigenvalue weighted by molar-refractivity contribution is -0.119. The minimum absolute atomic E-state index is 0.101. The van der Waals surface area contributed by atoms with E-state index >= 15 is 0 Å². The zero-order chi connectivity index (χ0) is 8.48. The van der Waals surface area contributed by atoms with Gasteiger partial charge < -0.3 is 5.11 Å². The highest BCUT2D eigenvalue weighted by atomic mass is 16.2. The van der Waals surface area contributed by atoms with Gasteiger partial charge in [0.15, 0.2) is 5.78 Å². The second kappa shape index (κ2) is 2.68. The van der Waals surface area contributed by atoms with Gasteiger partial charge in [0, 0.05) is 12.0 Å². The molecule has 1 rings (SSSR count). The van der Waals surface area contributed by atoms with Crippen molar-refractivity contribution in [3.8, 4) is 0 Å². The number of aliphatic hydroxyl groups is 1. The van der Waals surface area contributed by atoms with E-state index in [0.717, 1.165) is 19.1 Å². The SMILES string of the molecule is CC1(C)CCC(=CO)C(=O)C1. The fourth-order valence-corrected chi connectivity index (χ4v) is 1.39. The number of ketones is 1. The summed E-state index contributed by atoms with van der Waals surface area (Å²) in [4.78, 5) is 11.2. The molecule has 0 radical (unpaired) electrons. The van der Waals surface area contributed by atoms with E-state index in [1.165, 1.54) is 0 Å². The van der Waals surface area contributed by atoms with Crippen molar-refractivity contribution in [1.29, 1.82) is 0 Å². The number of carbonyl (C=O) groups is 1. The highest BCUT2D eigenvalue weighted by Gasteiger charge is 2.29. The van der Waals surface area contributed by atoms with E-state index in [4.69, 9.17) is 5.11 Å². The van der Waals surface area contributed by atoms with Crippen LogP contribution < -0.4 is 0 Å². The van der Waals surface area contributed by atoms with E-state index in [9.17, 15) is 4.79 Å². The molecule has 0 aromatic carbocycles. The molecule has 0 aromatic heterocycles. The number of allylic oxidation sites excluding steroid dienone is 1. The van der Waals surface area contributed by atoms with Crippen LogP contribution in [0.25, 0.3) is 0 Å². The monoisotopic (exact) mass is 154 g/mol. The van der Waals surface area contributed by atoms with Gasteiger partial charge in [-0.1, -0.05) is 13.8 Å². The summed E-state index contributed by atoms with van der Waals surface area (Å²) in [5.74, 6) is 0.101. The van der Waals surface area contributed by atoms with Crippen LogP contribution >= 0.6 is 0 Å². The highest BCUT2D eigenvalue weighted by Crippen LogP contribution is 2.35. The van der Waals surface area contributed by atoms with Crippen LogP contribution in [-0.2, 0) is 4.79 Å². The van der Waals surface area contributed by atoms with E-state index in [1.807, 2.05) is 0 Å². The van der Waals surface area contributed by atoms with Crippen LogP contribution in [0.3, 0.4) is 0 Å². The zero-order valence-corrected chi connectivity index (χ0v) is 7.05. The predicted molar refractivity (Wildman–Crippen MR) is 43.4 cm³/mol. The molecule has 1 fully saturated rings. The molecular formula is C9H14O2. The van der Waals surface area contributed by atoms with Crippen molar-refractivity contribution in [1.82, 2.24) is 0 Å². The molecule has 0 aliphatic heterocycles. The van der Waals surface area contributed by atoms with E-state index in [0.29, 0.717) is 12.0 Å². The molecule has 2 nitrogen and oxygen atoms in total. The lowest BCUT2D eigenvalue weighted by Gasteiger charge is -2.28. The Morgan fingerprint density at radius 1 is 1.55 bits per heavy atom. The molecule has 0 spiro atoms. The summed E-state index contributed by atoms with van der Waals surface area (Å²) in [6.45, 7) is 4.16. The molecule has 1 aliphatic carbocycles. The lowest BCUT2D eigenvalue weighted by atomic mass is 9.75. The van der Waals surface area contributed by atoms with Crippen LogP contribution in [0.2, 0.25) is 0 Å². The minimum Gasteiger partial charge on any atom is -0.515 e. The molecule has 0 bridgehead atoms. The van der Waals surface area contributed by atoms with Crippen molar-refractivity contribution in [2.24, 2.45) is 5.41 Å². The third-order valence-electron chi connectivity index (χ3n) is 2.22. The predicted octanol–water partition coefficient (Wildman–Crippen LogP) is 2.21. The van der Waals surface area contributed by atoms with Gasteiger partial charge in [-0.15, -0.1) is 0 Å². The fourth-order valence-electron chi connectivity index (χ4n) is 1.39. The summed E-state index contributed by atoms with van der Waals surface area (Å²) in [7, 11) is 0. The third-order valence-corrected chi connectivity index (χ3v) is 2.22. The Hall–Kier alpha value is -0.790. The third kappa shape index (κ3) is 1.82. The standard InChI is InChI=1S/C9H14O2/c1-9(2)4-3-7(6-10)8(11)5-9/h6,10H,3-5H2,1-2H3. The average Bonchev–Trinajstić information content (AvgIpc) is 1.86. The molecule has 11 heavy (non-hydrogen) atoms. The van der Waals surface area contributed by atoms with Crippen molar-refractivity contribution in [3.05, 3.63) is 11.8 Å². The number of hydrogen-bond acceptors (Lipinski definition) is 2. The van der Waals surface area contributed by atoms with Crippen molar-refractivity contribution < 1.29 is 9.90 Å². The van der Waals surface area contributed by atoms with Crippen molar-refractivity contribution in [3.63, 3.8) is 0 Å². The summed E-state index contributed by atoms with van der Waals surface area (Å²) in [5.41, 5.74) is 0.716. The Bertz CT molecular complexity index is 202. The lowest BCUT2D eigenvalue weighted by Crippen LogP contribution is -2.24. The summed E-state index contributed by atoms with van der Waals surface area (Å²) >= 11 is 0. The zero-order valence-electron chi connectivity index (χ0n) is 7.05. The van der Waals surface area contributed by atoms with Gasteiger partial charge in [-0.25, -0.2) is 0 Å². The highest BCUT2D eigenvalue weighted by molar-refractivity contribution is 5.96. The van der Waals surface area contributed by atoms with Gasteiger partial charge in [0.2, 0.25) is 0 Å². The van der Waals surface area contributed by atoms with Crippen LogP contribution in [0, 0.1) is 5.41 Å². The Balaban J connectivity index is 2.70. The molecule has 0 atom stereocenters. The van der Waals surface area contributed by atoms with Crippen LogP contribution in [0.1, 0.15) is 33.1 Å². The summed E-state index contributed by atoms with van der Waals surface area (Å²) < 4.78 is 0. The molecular weight excluding hydrogens is 140 g/mol. The molecule has 0 amide bonds. The maximum atomic E-state index is 11.2. The molecule has 0 unspecified atom stereocenters. The van der Waals surface area contributed by atoms with Crippen LogP contribution in [0.5, 0.6) is 0 Å². The average molecular weight is 154 g/mol. The fraction of sp³-hybridized carbons (Fsp3) is 0.667. The number of carbonyl (C=O) groups excluding carboxylic acids is 1. The van der Waals surface area contributed by atoms with Gasteiger partial charge in [-0.05, 0) is 18.3 Å². The summed E-state index contributed by atoms with van der Waals surface area (Å²) in [6.07, 6.45) is 3.24. The molecule has 0 saturated heterocycles. The second-order valence-corrected chi connectivity index (χ2v) is 3.92. The molecule has 2 heteroatoms. The van der Waals surface area contributed by atoms with Crippen LogP contribution in [-0.4, -0.2) is 10.9 Å². The quantitative estimate of drug-likeness (QED) is 0.429. The summed E-state index contributed by atoms with van der Waals surface area (Å²) in [6, 6.07) is 0. The van der Waals surface area contributed by atoms with E-state index in [1.54, 1.807) is 0 Å². The number of rotatable bonds is 0. The van der Waals surface area contributed by atoms with Gasteiger partial charge in [-0.2, -0.15) is 0 Å². The Morgan fingerprint density at radius 2 is 2.18 bits per heavy atom. The van der Waals surface area contributed by atoms with E-state index < -0.39 is 0 Å². The maximum Gasteiger partial charge on any atom is 0.162 e. The molecule has 62 valence electrons. The molecule has 1 aliphatic rings. The van der Waals surface area contributed by atoms with Crippen LogP contribution in [0.15, 0.2) is 11.8 Å². The molecule has 0 aromatic rings. The topological polar surface area (TPSA) is 37.3 Å². The first-order valence-electron chi connectivity index (χ1n) is 3.92. The van der Waals surface area contributed by atoms with Gasteiger partial charge in [0.05, 0.1) is 6.26 Å². The summed E-state index contributed by atoms with van der Waals surface area (Å²) in [5, 5.41) is 8.65. The Morgan fingerprint density at radius 3 is 2.64 bits per heavy atom. The smallest absolute Gasteiger partial charge is 0.162 e. The van der Waals surface area contributed by atoms with E-state index in [-0.39, 0.29) is 11.2 Å². The first-order chi connectivity index (χ1) is 5.05. The second-order valence-electron chi connectivity index (χ2n) is 3.92. The maximum absolute atomic E-state index is 11.2. The number of hydrogen-bond donors (Lipinski definition) is 1. The van der Waals surface area contributed by atoms with Gasteiger partial charge in [0.25, 0.3) is 0 Å². The van der Waals surface area contributed by atoms with Crippen molar-refractivity contribution in [2.45, 2.75) is 33.1 Å². The normalized spacial score (nSPS) is 27.5. The first kappa shape index (κ1) is 8.31. The van der Waals surface area contributed by atoms with Gasteiger partial charge in [-0.3, -0.25) is 4.79 Å². The van der Waals surface area contributed by atoms with Crippen LogP contribution in [0.4, 0.5) is 0 Å². The largest absolute Gasteiger partial charge is 0.515 e. The Labute approximate surface area is 66.9 Å². The number of aliphatic hydroxyl groups excluding tert-OH is 1. The molecule has 1 N–H and O–H groups in total. The Kier molecular flexibility index (Phi) is 2.03. The van der Waals surface area contributed by atoms with Gasteiger partial charge in [0.1, 0.15) is 0 Å². The van der Waals surface area contributed by atoms with Gasteiger partial charge >= 0.3 is 0 Å². The first-order valence-corrected chi connectivity index (χ1v) is 3.92. The minimum atomic E-state index is 0.101. The molecule has 0 heterocycles. The van der Waals surface area contributed by atoms with Crippen molar-refractivity contribution in [2.75, 3.05) is 0 Å². The van der Waals surface area contributed by atoms with E-state index in [2.05, 4.69) is 13.8 Å².